The lowest BCUT2D eigenvalue weighted by molar-refractivity contribution is -0.132. The fourth-order valence-electron chi connectivity index (χ4n) is 2.82. The highest BCUT2D eigenvalue weighted by molar-refractivity contribution is 5.84. The van der Waals surface area contributed by atoms with Gasteiger partial charge < -0.3 is 19.0 Å². The number of methoxy groups -OCH3 is 1. The zero-order valence-electron chi connectivity index (χ0n) is 13.8. The second-order valence-electron chi connectivity index (χ2n) is 5.75. The maximum atomic E-state index is 12.6. The molecule has 5 nitrogen and oxygen atoms in total. The van der Waals surface area contributed by atoms with E-state index in [9.17, 15) is 4.79 Å². The van der Waals surface area contributed by atoms with Crippen LogP contribution in [0.1, 0.15) is 17.7 Å². The number of carbonyl (C=O) groups is 1. The van der Waals surface area contributed by atoms with Crippen LogP contribution in [0.2, 0.25) is 0 Å². The van der Waals surface area contributed by atoms with E-state index in [0.29, 0.717) is 32.5 Å². The summed E-state index contributed by atoms with van der Waals surface area (Å²) in [5, 5.41) is 1.18. The molecule has 3 aromatic rings. The summed E-state index contributed by atoms with van der Waals surface area (Å²) < 4.78 is 10.5. The van der Waals surface area contributed by atoms with Gasteiger partial charge in [0.15, 0.2) is 0 Å². The van der Waals surface area contributed by atoms with Gasteiger partial charge in [0, 0.05) is 37.2 Å². The molecule has 0 aliphatic carbocycles. The lowest BCUT2D eigenvalue weighted by Gasteiger charge is -2.21. The fourth-order valence-corrected chi connectivity index (χ4v) is 2.82. The van der Waals surface area contributed by atoms with Crippen molar-refractivity contribution in [2.24, 2.45) is 0 Å². The first-order chi connectivity index (χ1) is 11.8. The zero-order chi connectivity index (χ0) is 16.8. The Morgan fingerprint density at radius 1 is 1.25 bits per heavy atom. The van der Waals surface area contributed by atoms with E-state index < -0.39 is 0 Å². The third-order valence-electron chi connectivity index (χ3n) is 4.13. The zero-order valence-corrected chi connectivity index (χ0v) is 13.8. The first-order valence-electron chi connectivity index (χ1n) is 8.12. The number of carbonyl (C=O) groups excluding carboxylic acids is 1. The molecule has 3 rings (SSSR count). The summed E-state index contributed by atoms with van der Waals surface area (Å²) >= 11 is 0. The Hall–Kier alpha value is -2.53. The molecule has 0 saturated carbocycles. The number of aryl methyl sites for hydroxylation is 1. The highest BCUT2D eigenvalue weighted by atomic mass is 16.5. The molecule has 24 heavy (non-hydrogen) atoms. The van der Waals surface area contributed by atoms with Crippen molar-refractivity contribution in [3.63, 3.8) is 0 Å². The normalized spacial score (nSPS) is 11.0. The first-order valence-corrected chi connectivity index (χ1v) is 8.12. The fraction of sp³-hybridized carbons (Fsp3) is 0.316. The van der Waals surface area contributed by atoms with E-state index >= 15 is 0 Å². The van der Waals surface area contributed by atoms with Crippen molar-refractivity contribution >= 4 is 16.8 Å². The number of benzene rings is 1. The number of hydrogen-bond acceptors (Lipinski definition) is 3. The second kappa shape index (κ2) is 7.84. The van der Waals surface area contributed by atoms with Crippen LogP contribution in [0.4, 0.5) is 0 Å². The van der Waals surface area contributed by atoms with Gasteiger partial charge in [-0.05, 0) is 30.2 Å². The Balaban J connectivity index is 1.64. The van der Waals surface area contributed by atoms with Crippen molar-refractivity contribution in [3.8, 4) is 0 Å². The van der Waals surface area contributed by atoms with E-state index in [1.165, 1.54) is 10.9 Å². The largest absolute Gasteiger partial charge is 0.467 e. The molecule has 1 amide bonds. The number of para-hydroxylation sites is 1. The molecular formula is C19H22N2O3. The van der Waals surface area contributed by atoms with Gasteiger partial charge in [0.05, 0.1) is 19.4 Å². The van der Waals surface area contributed by atoms with E-state index in [-0.39, 0.29) is 5.91 Å². The summed E-state index contributed by atoms with van der Waals surface area (Å²) in [6.45, 7) is 1.55. The summed E-state index contributed by atoms with van der Waals surface area (Å²) in [5.41, 5.74) is 2.27. The van der Waals surface area contributed by atoms with Gasteiger partial charge in [0.1, 0.15) is 5.76 Å². The standard InChI is InChI=1S/C19H22N2O3/c1-23-12-10-21(14-16-5-4-11-24-16)19(22)9-8-15-13-20-18-7-3-2-6-17(15)18/h2-7,11,13,20H,8-10,12,14H2,1H3. The minimum atomic E-state index is 0.105. The molecular weight excluding hydrogens is 304 g/mol. The number of aromatic nitrogens is 1. The molecule has 5 heteroatoms. The van der Waals surface area contributed by atoms with Crippen LogP contribution in [-0.2, 0) is 22.5 Å². The maximum Gasteiger partial charge on any atom is 0.223 e. The van der Waals surface area contributed by atoms with Gasteiger partial charge in [0.2, 0.25) is 5.91 Å². The van der Waals surface area contributed by atoms with Gasteiger partial charge in [-0.1, -0.05) is 18.2 Å². The van der Waals surface area contributed by atoms with Crippen molar-refractivity contribution in [1.29, 1.82) is 0 Å². The number of hydrogen-bond donors (Lipinski definition) is 1. The van der Waals surface area contributed by atoms with Crippen LogP contribution < -0.4 is 0 Å². The monoisotopic (exact) mass is 326 g/mol. The first kappa shape index (κ1) is 16.3. The molecule has 0 spiro atoms. The Kier molecular flexibility index (Phi) is 5.33. The number of H-pyrrole nitrogens is 1. The minimum Gasteiger partial charge on any atom is -0.467 e. The molecule has 0 bridgehead atoms. The van der Waals surface area contributed by atoms with Crippen molar-refractivity contribution in [3.05, 3.63) is 60.2 Å². The number of ether oxygens (including phenoxy) is 1. The van der Waals surface area contributed by atoms with E-state index in [4.69, 9.17) is 9.15 Å². The summed E-state index contributed by atoms with van der Waals surface area (Å²) in [4.78, 5) is 17.7. The molecule has 0 fully saturated rings. The predicted octanol–water partition coefficient (Wildman–Crippen LogP) is 3.37. The van der Waals surface area contributed by atoms with Gasteiger partial charge in [-0.2, -0.15) is 0 Å². The van der Waals surface area contributed by atoms with Crippen LogP contribution in [-0.4, -0.2) is 36.1 Å². The van der Waals surface area contributed by atoms with Crippen molar-refractivity contribution < 1.29 is 13.9 Å². The molecule has 2 aromatic heterocycles. The number of nitrogens with zero attached hydrogens (tertiary/aromatic N) is 1. The van der Waals surface area contributed by atoms with Crippen molar-refractivity contribution in [1.82, 2.24) is 9.88 Å². The highest BCUT2D eigenvalue weighted by Gasteiger charge is 2.16. The van der Waals surface area contributed by atoms with Gasteiger partial charge >= 0.3 is 0 Å². The Morgan fingerprint density at radius 3 is 2.92 bits per heavy atom. The quantitative estimate of drug-likeness (QED) is 0.690. The van der Waals surface area contributed by atoms with Crippen LogP contribution in [0, 0.1) is 0 Å². The molecule has 1 aromatic carbocycles. The minimum absolute atomic E-state index is 0.105. The number of rotatable bonds is 8. The average molecular weight is 326 g/mol. The van der Waals surface area contributed by atoms with Gasteiger partial charge in [-0.25, -0.2) is 0 Å². The SMILES string of the molecule is COCCN(Cc1ccco1)C(=O)CCc1c[nH]c2ccccc12. The molecule has 0 atom stereocenters. The van der Waals surface area contributed by atoms with Crippen LogP contribution in [0.3, 0.4) is 0 Å². The number of aromatic amines is 1. The molecule has 0 aliphatic rings. The molecule has 0 unspecified atom stereocenters. The molecule has 0 saturated heterocycles. The number of furan rings is 1. The van der Waals surface area contributed by atoms with Crippen molar-refractivity contribution in [2.45, 2.75) is 19.4 Å². The van der Waals surface area contributed by atoms with Crippen LogP contribution >= 0.6 is 0 Å². The Bertz CT molecular complexity index is 777. The topological polar surface area (TPSA) is 58.5 Å². The number of amides is 1. The van der Waals surface area contributed by atoms with Gasteiger partial charge in [-0.15, -0.1) is 0 Å². The van der Waals surface area contributed by atoms with Gasteiger partial charge in [0.25, 0.3) is 0 Å². The summed E-state index contributed by atoms with van der Waals surface area (Å²) in [7, 11) is 1.64. The Labute approximate surface area is 141 Å². The van der Waals surface area contributed by atoms with Crippen LogP contribution in [0.15, 0.2) is 53.3 Å². The second-order valence-corrected chi connectivity index (χ2v) is 5.75. The lowest BCUT2D eigenvalue weighted by atomic mass is 10.1. The summed E-state index contributed by atoms with van der Waals surface area (Å²) in [5.74, 6) is 0.889. The van der Waals surface area contributed by atoms with Crippen molar-refractivity contribution in [2.75, 3.05) is 20.3 Å². The third-order valence-corrected chi connectivity index (χ3v) is 4.13. The van der Waals surface area contributed by atoms with E-state index in [0.717, 1.165) is 11.3 Å². The Morgan fingerprint density at radius 2 is 2.12 bits per heavy atom. The summed E-state index contributed by atoms with van der Waals surface area (Å²) in [6.07, 6.45) is 4.79. The molecule has 1 N–H and O–H groups in total. The molecule has 2 heterocycles. The average Bonchev–Trinajstić information content (AvgIpc) is 3.26. The van der Waals surface area contributed by atoms with Gasteiger partial charge in [-0.3, -0.25) is 4.79 Å². The smallest absolute Gasteiger partial charge is 0.223 e. The molecule has 126 valence electrons. The number of fused-ring (bicyclic) bond motifs is 1. The van der Waals surface area contributed by atoms with E-state index in [1.54, 1.807) is 18.3 Å². The maximum absolute atomic E-state index is 12.6. The van der Waals surface area contributed by atoms with E-state index in [2.05, 4.69) is 11.1 Å². The summed E-state index contributed by atoms with van der Waals surface area (Å²) in [6, 6.07) is 11.9. The predicted molar refractivity (Wildman–Crippen MR) is 92.6 cm³/mol. The molecule has 0 aliphatic heterocycles. The number of nitrogens with one attached hydrogen (secondary N) is 1. The molecule has 0 radical (unpaired) electrons. The highest BCUT2D eigenvalue weighted by Crippen LogP contribution is 2.19. The van der Waals surface area contributed by atoms with Crippen LogP contribution in [0.25, 0.3) is 10.9 Å². The van der Waals surface area contributed by atoms with Crippen LogP contribution in [0.5, 0.6) is 0 Å². The lowest BCUT2D eigenvalue weighted by Crippen LogP contribution is -2.33. The van der Waals surface area contributed by atoms with E-state index in [1.807, 2.05) is 36.5 Å². The third kappa shape index (κ3) is 3.86.